The summed E-state index contributed by atoms with van der Waals surface area (Å²) in [4.78, 5) is 15.1. The van der Waals surface area contributed by atoms with Crippen LogP contribution in [0.25, 0.3) is 22.3 Å². The molecule has 0 unspecified atom stereocenters. The third kappa shape index (κ3) is 3.20. The van der Waals surface area contributed by atoms with Crippen molar-refractivity contribution in [1.29, 1.82) is 0 Å². The van der Waals surface area contributed by atoms with Crippen molar-refractivity contribution in [2.24, 2.45) is 0 Å². The first-order valence-electron chi connectivity index (χ1n) is 9.82. The summed E-state index contributed by atoms with van der Waals surface area (Å²) in [5.41, 5.74) is 1.24. The van der Waals surface area contributed by atoms with Crippen molar-refractivity contribution in [3.05, 3.63) is 52.2 Å². The number of likely N-dealkylation sites (tertiary alicyclic amines) is 1. The van der Waals surface area contributed by atoms with Crippen molar-refractivity contribution >= 4 is 11.0 Å². The summed E-state index contributed by atoms with van der Waals surface area (Å²) in [5.74, 6) is 1.03. The van der Waals surface area contributed by atoms with Crippen molar-refractivity contribution < 1.29 is 24.1 Å². The Morgan fingerprint density at radius 3 is 2.60 bits per heavy atom. The number of hydrogen-bond acceptors (Lipinski definition) is 7. The Morgan fingerprint density at radius 1 is 1.17 bits per heavy atom. The molecule has 3 aromatic rings. The van der Waals surface area contributed by atoms with Crippen LogP contribution in [-0.4, -0.2) is 55.6 Å². The first-order chi connectivity index (χ1) is 14.5. The van der Waals surface area contributed by atoms with Gasteiger partial charge in [0.25, 0.3) is 0 Å². The monoisotopic (exact) mass is 411 g/mol. The van der Waals surface area contributed by atoms with Gasteiger partial charge in [-0.2, -0.15) is 0 Å². The second-order valence-corrected chi connectivity index (χ2v) is 7.52. The third-order valence-electron chi connectivity index (χ3n) is 5.96. The van der Waals surface area contributed by atoms with Crippen LogP contribution in [0.15, 0.2) is 45.6 Å². The van der Waals surface area contributed by atoms with Gasteiger partial charge >= 0.3 is 0 Å². The number of fused-ring (bicyclic) bond motifs is 1. The fourth-order valence-electron chi connectivity index (χ4n) is 4.42. The van der Waals surface area contributed by atoms with E-state index in [1.54, 1.807) is 13.2 Å². The van der Waals surface area contributed by atoms with Crippen LogP contribution in [0.4, 0.5) is 0 Å². The molecule has 1 fully saturated rings. The minimum Gasteiger partial charge on any atom is -0.507 e. The molecule has 2 atom stereocenters. The Balaban J connectivity index is 2.04. The minimum atomic E-state index is -0.356. The number of phenols is 1. The zero-order valence-electron chi connectivity index (χ0n) is 17.2. The molecule has 0 radical (unpaired) electrons. The smallest absolute Gasteiger partial charge is 0.197 e. The van der Waals surface area contributed by atoms with Crippen molar-refractivity contribution in [1.82, 2.24) is 4.90 Å². The molecule has 0 aliphatic carbocycles. The van der Waals surface area contributed by atoms with E-state index in [2.05, 4.69) is 4.90 Å². The fraction of sp³-hybridized carbons (Fsp3) is 0.348. The van der Waals surface area contributed by atoms with E-state index in [0.717, 1.165) is 13.0 Å². The molecule has 30 heavy (non-hydrogen) atoms. The number of aliphatic hydroxyl groups is 1. The molecular weight excluding hydrogens is 386 g/mol. The highest BCUT2D eigenvalue weighted by Crippen LogP contribution is 2.45. The number of likely N-dealkylation sites (N-methyl/N-ethyl adjacent to an activating group) is 1. The predicted molar refractivity (Wildman–Crippen MR) is 114 cm³/mol. The molecule has 0 amide bonds. The first kappa shape index (κ1) is 20.3. The van der Waals surface area contributed by atoms with Gasteiger partial charge in [0, 0.05) is 29.7 Å². The predicted octanol–water partition coefficient (Wildman–Crippen LogP) is 2.96. The van der Waals surface area contributed by atoms with Crippen LogP contribution >= 0.6 is 0 Å². The van der Waals surface area contributed by atoms with Crippen molar-refractivity contribution in [3.63, 3.8) is 0 Å². The fourth-order valence-corrected chi connectivity index (χ4v) is 4.42. The average molecular weight is 411 g/mol. The first-order valence-corrected chi connectivity index (χ1v) is 9.82. The van der Waals surface area contributed by atoms with Gasteiger partial charge in [-0.25, -0.2) is 0 Å². The van der Waals surface area contributed by atoms with Gasteiger partial charge in [-0.1, -0.05) is 12.1 Å². The highest BCUT2D eigenvalue weighted by molar-refractivity contribution is 5.90. The zero-order chi connectivity index (χ0) is 21.4. The number of nitrogens with zero attached hydrogens (tertiary/aromatic N) is 1. The lowest BCUT2D eigenvalue weighted by atomic mass is 9.89. The van der Waals surface area contributed by atoms with Gasteiger partial charge in [-0.3, -0.25) is 4.79 Å². The van der Waals surface area contributed by atoms with Gasteiger partial charge in [0.15, 0.2) is 5.43 Å². The van der Waals surface area contributed by atoms with E-state index in [9.17, 15) is 15.0 Å². The van der Waals surface area contributed by atoms with Crippen LogP contribution in [0.2, 0.25) is 0 Å². The largest absolute Gasteiger partial charge is 0.507 e. The lowest BCUT2D eigenvalue weighted by Gasteiger charge is -2.25. The maximum Gasteiger partial charge on any atom is 0.197 e. The van der Waals surface area contributed by atoms with Gasteiger partial charge in [0.2, 0.25) is 0 Å². The van der Waals surface area contributed by atoms with E-state index >= 15 is 0 Å². The Morgan fingerprint density at radius 2 is 1.90 bits per heavy atom. The minimum absolute atomic E-state index is 0.0386. The molecule has 0 spiro atoms. The summed E-state index contributed by atoms with van der Waals surface area (Å²) in [5, 5.41) is 20.6. The van der Waals surface area contributed by atoms with Crippen molar-refractivity contribution in [2.75, 3.05) is 34.4 Å². The van der Waals surface area contributed by atoms with Crippen LogP contribution in [0.3, 0.4) is 0 Å². The summed E-state index contributed by atoms with van der Waals surface area (Å²) in [7, 11) is 5.02. The maximum atomic E-state index is 13.0. The normalized spacial score (nSPS) is 19.3. The number of para-hydroxylation sites is 1. The molecule has 1 aliphatic heterocycles. The second kappa shape index (κ2) is 8.01. The van der Waals surface area contributed by atoms with Crippen LogP contribution in [0, 0.1) is 0 Å². The third-order valence-corrected chi connectivity index (χ3v) is 5.96. The van der Waals surface area contributed by atoms with E-state index in [4.69, 9.17) is 13.9 Å². The lowest BCUT2D eigenvalue weighted by Crippen LogP contribution is -2.32. The standard InChI is InChI=1S/C23H25NO6/c1-24-9-8-13(15(24)12-25)21-20(29-3)11-17(27)22-16(26)10-19(30-23(21)22)14-6-4-5-7-18(14)28-2/h4-7,10-11,13,15,25,27H,8-9,12H2,1-3H3/t13-,15+/m0/s1. The summed E-state index contributed by atoms with van der Waals surface area (Å²) >= 11 is 0. The van der Waals surface area contributed by atoms with Crippen LogP contribution in [0.1, 0.15) is 17.9 Å². The lowest BCUT2D eigenvalue weighted by molar-refractivity contribution is 0.171. The van der Waals surface area contributed by atoms with E-state index in [-0.39, 0.29) is 40.7 Å². The highest BCUT2D eigenvalue weighted by Gasteiger charge is 2.37. The Bertz CT molecular complexity index is 1140. The molecular formula is C23H25NO6. The zero-order valence-corrected chi connectivity index (χ0v) is 17.2. The molecule has 0 bridgehead atoms. The van der Waals surface area contributed by atoms with Gasteiger partial charge in [-0.15, -0.1) is 0 Å². The second-order valence-electron chi connectivity index (χ2n) is 7.52. The summed E-state index contributed by atoms with van der Waals surface area (Å²) in [6.07, 6.45) is 0.764. The Labute approximate surface area is 174 Å². The van der Waals surface area contributed by atoms with Crippen LogP contribution in [0.5, 0.6) is 17.2 Å². The molecule has 158 valence electrons. The van der Waals surface area contributed by atoms with Crippen molar-refractivity contribution in [2.45, 2.75) is 18.4 Å². The number of methoxy groups -OCH3 is 2. The van der Waals surface area contributed by atoms with E-state index in [0.29, 0.717) is 28.4 Å². The number of rotatable bonds is 5. The number of benzene rings is 2. The number of aromatic hydroxyl groups is 1. The van der Waals surface area contributed by atoms with Gasteiger partial charge < -0.3 is 29.0 Å². The van der Waals surface area contributed by atoms with E-state index in [1.807, 2.05) is 25.2 Å². The topological polar surface area (TPSA) is 92.4 Å². The molecule has 4 rings (SSSR count). The summed E-state index contributed by atoms with van der Waals surface area (Å²) < 4.78 is 17.2. The van der Waals surface area contributed by atoms with Gasteiger partial charge in [-0.05, 0) is 32.1 Å². The molecule has 7 heteroatoms. The molecule has 1 aromatic heterocycles. The SMILES string of the molecule is COc1ccccc1-c1cc(=O)c2c(O)cc(OC)c([C@H]3CCN(C)[C@@H]3CO)c2o1. The van der Waals surface area contributed by atoms with E-state index < -0.39 is 0 Å². The maximum absolute atomic E-state index is 13.0. The van der Waals surface area contributed by atoms with Crippen molar-refractivity contribution in [3.8, 4) is 28.6 Å². The number of hydrogen-bond donors (Lipinski definition) is 2. The molecule has 2 aromatic carbocycles. The average Bonchev–Trinajstić information content (AvgIpc) is 3.12. The Hall–Kier alpha value is -3.03. The van der Waals surface area contributed by atoms with E-state index in [1.165, 1.54) is 19.2 Å². The quantitative estimate of drug-likeness (QED) is 0.667. The highest BCUT2D eigenvalue weighted by atomic mass is 16.5. The molecule has 7 nitrogen and oxygen atoms in total. The Kier molecular flexibility index (Phi) is 5.40. The molecule has 2 N–H and O–H groups in total. The molecule has 1 saturated heterocycles. The van der Waals surface area contributed by atoms with Gasteiger partial charge in [0.1, 0.15) is 34.0 Å². The number of ether oxygens (including phenoxy) is 2. The number of aliphatic hydroxyl groups excluding tert-OH is 1. The summed E-state index contributed by atoms with van der Waals surface area (Å²) in [6, 6.07) is 9.93. The summed E-state index contributed by atoms with van der Waals surface area (Å²) in [6.45, 7) is 0.751. The number of phenolic OH excluding ortho intramolecular Hbond substituents is 1. The molecule has 0 saturated carbocycles. The molecule has 2 heterocycles. The molecule has 1 aliphatic rings. The van der Waals surface area contributed by atoms with Crippen LogP contribution < -0.4 is 14.9 Å². The van der Waals surface area contributed by atoms with Crippen LogP contribution in [-0.2, 0) is 0 Å². The van der Waals surface area contributed by atoms with Gasteiger partial charge in [0.05, 0.1) is 26.4 Å².